The predicted octanol–water partition coefficient (Wildman–Crippen LogP) is 2.21. The van der Waals surface area contributed by atoms with Crippen LogP contribution in [0.5, 0.6) is 5.75 Å². The minimum atomic E-state index is -3.87. The first-order chi connectivity index (χ1) is 13.3. The fourth-order valence-corrected chi connectivity index (χ4v) is 4.33. The number of ether oxygens (including phenoxy) is 1. The highest BCUT2D eigenvalue weighted by molar-refractivity contribution is 7.91. The molecular weight excluding hydrogens is 400 g/mol. The molecule has 7 nitrogen and oxygen atoms in total. The normalized spacial score (nSPS) is 11.9. The SMILES string of the molecule is CCS(=O)(=O)CCOc1ccc(S(=O)(=O)N(CC#N)Cc2ccccc2)cc1. The van der Waals surface area contributed by atoms with Gasteiger partial charge in [-0.3, -0.25) is 0 Å². The van der Waals surface area contributed by atoms with Crippen LogP contribution < -0.4 is 4.74 Å². The molecular formula is C19H22N2O5S2. The van der Waals surface area contributed by atoms with Crippen LogP contribution in [0.2, 0.25) is 0 Å². The smallest absolute Gasteiger partial charge is 0.244 e. The Bertz CT molecular complexity index is 1010. The molecule has 0 spiro atoms. The van der Waals surface area contributed by atoms with Gasteiger partial charge in [0.2, 0.25) is 10.0 Å². The summed E-state index contributed by atoms with van der Waals surface area (Å²) >= 11 is 0. The molecule has 0 saturated carbocycles. The van der Waals surface area contributed by atoms with Crippen LogP contribution in [0.1, 0.15) is 12.5 Å². The average Bonchev–Trinajstić information content (AvgIpc) is 2.69. The molecule has 2 rings (SSSR count). The number of nitrogens with zero attached hydrogens (tertiary/aromatic N) is 2. The van der Waals surface area contributed by atoms with Gasteiger partial charge < -0.3 is 4.74 Å². The van der Waals surface area contributed by atoms with E-state index < -0.39 is 19.9 Å². The van der Waals surface area contributed by atoms with Crippen molar-refractivity contribution in [3.8, 4) is 11.8 Å². The van der Waals surface area contributed by atoms with Crippen LogP contribution in [0.4, 0.5) is 0 Å². The van der Waals surface area contributed by atoms with Crippen LogP contribution in [-0.2, 0) is 26.4 Å². The number of hydrogen-bond acceptors (Lipinski definition) is 6. The van der Waals surface area contributed by atoms with Gasteiger partial charge in [0.25, 0.3) is 0 Å². The Morgan fingerprint density at radius 2 is 1.64 bits per heavy atom. The van der Waals surface area contributed by atoms with Gasteiger partial charge in [0.1, 0.15) is 18.9 Å². The molecule has 0 bridgehead atoms. The van der Waals surface area contributed by atoms with Crippen LogP contribution in [0.3, 0.4) is 0 Å². The summed E-state index contributed by atoms with van der Waals surface area (Å²) in [6.45, 7) is 1.38. The molecule has 0 aliphatic rings. The van der Waals surface area contributed by atoms with Gasteiger partial charge in [-0.25, -0.2) is 16.8 Å². The van der Waals surface area contributed by atoms with Crippen LogP contribution in [0.25, 0.3) is 0 Å². The van der Waals surface area contributed by atoms with Gasteiger partial charge in [0.15, 0.2) is 9.84 Å². The monoisotopic (exact) mass is 422 g/mol. The lowest BCUT2D eigenvalue weighted by atomic mass is 10.2. The third kappa shape index (κ3) is 6.05. The van der Waals surface area contributed by atoms with Gasteiger partial charge in [0.05, 0.1) is 16.7 Å². The maximum absolute atomic E-state index is 12.9. The highest BCUT2D eigenvalue weighted by Gasteiger charge is 2.24. The van der Waals surface area contributed by atoms with E-state index in [4.69, 9.17) is 10.00 Å². The zero-order valence-electron chi connectivity index (χ0n) is 15.5. The Labute approximate surface area is 166 Å². The Morgan fingerprint density at radius 1 is 1.00 bits per heavy atom. The zero-order chi connectivity index (χ0) is 20.6. The van der Waals surface area contributed by atoms with Gasteiger partial charge in [0, 0.05) is 12.3 Å². The molecule has 150 valence electrons. The molecule has 0 aliphatic carbocycles. The third-order valence-corrected chi connectivity index (χ3v) is 7.49. The second-order valence-electron chi connectivity index (χ2n) is 5.97. The Hall–Kier alpha value is -2.41. The molecule has 0 aromatic heterocycles. The Morgan fingerprint density at radius 3 is 2.21 bits per heavy atom. The molecule has 0 heterocycles. The number of hydrogen-bond donors (Lipinski definition) is 0. The summed E-state index contributed by atoms with van der Waals surface area (Å²) in [5, 5.41) is 9.03. The second kappa shape index (κ2) is 9.68. The highest BCUT2D eigenvalue weighted by Crippen LogP contribution is 2.21. The van der Waals surface area contributed by atoms with Crippen LogP contribution >= 0.6 is 0 Å². The van der Waals surface area contributed by atoms with Gasteiger partial charge in [-0.15, -0.1) is 0 Å². The van der Waals surface area contributed by atoms with Gasteiger partial charge >= 0.3 is 0 Å². The van der Waals surface area contributed by atoms with E-state index in [1.165, 1.54) is 24.3 Å². The lowest BCUT2D eigenvalue weighted by Gasteiger charge is -2.19. The number of benzene rings is 2. The first-order valence-electron chi connectivity index (χ1n) is 8.63. The van der Waals surface area contributed by atoms with Crippen molar-refractivity contribution >= 4 is 19.9 Å². The van der Waals surface area contributed by atoms with Gasteiger partial charge in [-0.1, -0.05) is 37.3 Å². The molecule has 0 fully saturated rings. The van der Waals surface area contributed by atoms with Crippen molar-refractivity contribution in [2.45, 2.75) is 18.4 Å². The van der Waals surface area contributed by atoms with E-state index in [9.17, 15) is 16.8 Å². The zero-order valence-corrected chi connectivity index (χ0v) is 17.1. The summed E-state index contributed by atoms with van der Waals surface area (Å²) in [4.78, 5) is 0.0345. The lowest BCUT2D eigenvalue weighted by Crippen LogP contribution is -2.31. The Kier molecular flexibility index (Phi) is 7.57. The first-order valence-corrected chi connectivity index (χ1v) is 11.9. The minimum Gasteiger partial charge on any atom is -0.493 e. The molecule has 0 atom stereocenters. The van der Waals surface area contributed by atoms with E-state index in [0.717, 1.165) is 9.87 Å². The minimum absolute atomic E-state index is 0.00314. The highest BCUT2D eigenvalue weighted by atomic mass is 32.2. The maximum atomic E-state index is 12.9. The summed E-state index contributed by atoms with van der Waals surface area (Å²) in [5.74, 6) is 0.320. The lowest BCUT2D eigenvalue weighted by molar-refractivity contribution is 0.340. The summed E-state index contributed by atoms with van der Waals surface area (Å²) < 4.78 is 55.2. The van der Waals surface area contributed by atoms with Crippen molar-refractivity contribution < 1.29 is 21.6 Å². The molecule has 2 aromatic carbocycles. The molecule has 0 aliphatic heterocycles. The molecule has 9 heteroatoms. The summed E-state index contributed by atoms with van der Waals surface area (Å²) in [6.07, 6.45) is 0. The number of sulfonamides is 1. The summed E-state index contributed by atoms with van der Waals surface area (Å²) in [5.41, 5.74) is 0.776. The standard InChI is InChI=1S/C19H22N2O5S2/c1-2-27(22,23)15-14-26-18-8-10-19(11-9-18)28(24,25)21(13-12-20)16-17-6-4-3-5-7-17/h3-11H,2,13-16H2,1H3. The molecule has 0 amide bonds. The fourth-order valence-electron chi connectivity index (χ4n) is 2.38. The van der Waals surface area contributed by atoms with Crippen molar-refractivity contribution in [2.24, 2.45) is 0 Å². The van der Waals surface area contributed by atoms with Crippen LogP contribution in [0, 0.1) is 11.3 Å². The van der Waals surface area contributed by atoms with E-state index >= 15 is 0 Å². The quantitative estimate of drug-likeness (QED) is 0.544. The van der Waals surface area contributed by atoms with Crippen LogP contribution in [-0.4, -0.2) is 45.8 Å². The van der Waals surface area contributed by atoms with Gasteiger partial charge in [-0.2, -0.15) is 9.57 Å². The van der Waals surface area contributed by atoms with Crippen molar-refractivity contribution in [2.75, 3.05) is 24.7 Å². The van der Waals surface area contributed by atoms with E-state index in [1.54, 1.807) is 31.2 Å². The van der Waals surface area contributed by atoms with Crippen molar-refractivity contribution in [3.05, 3.63) is 60.2 Å². The van der Waals surface area contributed by atoms with E-state index in [2.05, 4.69) is 0 Å². The number of nitriles is 1. The second-order valence-corrected chi connectivity index (χ2v) is 10.4. The summed E-state index contributed by atoms with van der Waals surface area (Å²) in [7, 11) is -6.99. The number of rotatable bonds is 10. The van der Waals surface area contributed by atoms with E-state index in [-0.39, 0.29) is 36.1 Å². The van der Waals surface area contributed by atoms with Crippen molar-refractivity contribution in [1.82, 2.24) is 4.31 Å². The molecule has 0 unspecified atom stereocenters. The topological polar surface area (TPSA) is 105 Å². The Balaban J connectivity index is 2.11. The third-order valence-electron chi connectivity index (χ3n) is 4.01. The van der Waals surface area contributed by atoms with Crippen LogP contribution in [0.15, 0.2) is 59.5 Å². The molecule has 2 aromatic rings. The van der Waals surface area contributed by atoms with E-state index in [1.807, 2.05) is 12.1 Å². The molecule has 28 heavy (non-hydrogen) atoms. The van der Waals surface area contributed by atoms with Crippen molar-refractivity contribution in [1.29, 1.82) is 5.26 Å². The largest absolute Gasteiger partial charge is 0.493 e. The maximum Gasteiger partial charge on any atom is 0.244 e. The average molecular weight is 423 g/mol. The van der Waals surface area contributed by atoms with Crippen molar-refractivity contribution in [3.63, 3.8) is 0 Å². The predicted molar refractivity (Wildman–Crippen MR) is 106 cm³/mol. The first kappa shape index (κ1) is 21.9. The number of sulfone groups is 1. The van der Waals surface area contributed by atoms with Gasteiger partial charge in [-0.05, 0) is 29.8 Å². The molecule has 0 saturated heterocycles. The molecule has 0 radical (unpaired) electrons. The molecule has 0 N–H and O–H groups in total. The van der Waals surface area contributed by atoms with E-state index in [0.29, 0.717) is 5.75 Å². The fraction of sp³-hybridized carbons (Fsp3) is 0.316. The summed E-state index contributed by atoms with van der Waals surface area (Å²) in [6, 6.07) is 16.6.